The summed E-state index contributed by atoms with van der Waals surface area (Å²) in [6, 6.07) is 14.3. The zero-order chi connectivity index (χ0) is 19.4. The average molecular weight is 403 g/mol. The monoisotopic (exact) mass is 402 g/mol. The molecule has 3 aromatic rings. The van der Waals surface area contributed by atoms with Gasteiger partial charge in [-0.2, -0.15) is 5.26 Å². The van der Waals surface area contributed by atoms with Gasteiger partial charge in [0.1, 0.15) is 18.1 Å². The van der Waals surface area contributed by atoms with E-state index in [2.05, 4.69) is 6.07 Å². The number of benzene rings is 2. The summed E-state index contributed by atoms with van der Waals surface area (Å²) >= 11 is 12.3. The fraction of sp³-hybridized carbons (Fsp3) is 0.200. The van der Waals surface area contributed by atoms with Crippen molar-refractivity contribution in [3.05, 3.63) is 63.8 Å². The summed E-state index contributed by atoms with van der Waals surface area (Å²) in [5.74, 6) is -0.418. The zero-order valence-electron chi connectivity index (χ0n) is 14.3. The lowest BCUT2D eigenvalue weighted by Gasteiger charge is -2.10. The number of hydrogen-bond donors (Lipinski definition) is 1. The second kappa shape index (κ2) is 8.34. The van der Waals surface area contributed by atoms with Crippen molar-refractivity contribution in [2.45, 2.75) is 26.0 Å². The van der Waals surface area contributed by atoms with Crippen molar-refractivity contribution in [3.8, 4) is 11.8 Å². The minimum Gasteiger partial charge on any atom is -0.489 e. The number of aromatic nitrogens is 1. The molecule has 0 bridgehead atoms. The summed E-state index contributed by atoms with van der Waals surface area (Å²) < 4.78 is 7.51. The molecule has 7 heteroatoms. The highest BCUT2D eigenvalue weighted by Gasteiger charge is 2.15. The van der Waals surface area contributed by atoms with Gasteiger partial charge in [-0.25, -0.2) is 4.79 Å². The van der Waals surface area contributed by atoms with Crippen molar-refractivity contribution in [2.24, 2.45) is 0 Å². The van der Waals surface area contributed by atoms with Crippen LogP contribution >= 0.6 is 23.2 Å². The molecule has 0 atom stereocenters. The van der Waals surface area contributed by atoms with Gasteiger partial charge in [0, 0.05) is 39.5 Å². The molecule has 1 aromatic heterocycles. The first-order valence-electron chi connectivity index (χ1n) is 8.30. The zero-order valence-corrected chi connectivity index (χ0v) is 15.8. The van der Waals surface area contributed by atoms with Crippen LogP contribution in [-0.4, -0.2) is 15.6 Å². The first kappa shape index (κ1) is 19.1. The van der Waals surface area contributed by atoms with Crippen LogP contribution in [0.25, 0.3) is 10.9 Å². The van der Waals surface area contributed by atoms with Crippen molar-refractivity contribution in [1.82, 2.24) is 4.57 Å². The van der Waals surface area contributed by atoms with Gasteiger partial charge in [-0.15, -0.1) is 0 Å². The summed E-state index contributed by atoms with van der Waals surface area (Å²) in [6.45, 7) is 0.673. The number of aromatic carboxylic acids is 1. The SMILES string of the molecule is N#CCCCn1c(C(=O)O)cc2cc(OCc3c(Cl)cccc3Cl)ccc21. The van der Waals surface area contributed by atoms with E-state index in [-0.39, 0.29) is 12.3 Å². The summed E-state index contributed by atoms with van der Waals surface area (Å²) in [5.41, 5.74) is 1.67. The van der Waals surface area contributed by atoms with Gasteiger partial charge in [-0.3, -0.25) is 0 Å². The molecule has 2 aromatic carbocycles. The number of nitriles is 1. The molecule has 0 fully saturated rings. The molecule has 1 heterocycles. The molecule has 27 heavy (non-hydrogen) atoms. The molecule has 0 aliphatic carbocycles. The number of unbranched alkanes of at least 4 members (excludes halogenated alkanes) is 1. The van der Waals surface area contributed by atoms with Crippen LogP contribution in [0.1, 0.15) is 28.9 Å². The maximum absolute atomic E-state index is 11.5. The highest BCUT2D eigenvalue weighted by Crippen LogP contribution is 2.28. The average Bonchev–Trinajstić information content (AvgIpc) is 3.00. The Morgan fingerprint density at radius 2 is 1.93 bits per heavy atom. The summed E-state index contributed by atoms with van der Waals surface area (Å²) in [7, 11) is 0. The van der Waals surface area contributed by atoms with Gasteiger partial charge in [-0.1, -0.05) is 29.3 Å². The Morgan fingerprint density at radius 3 is 2.59 bits per heavy atom. The Hall–Kier alpha value is -2.68. The predicted octanol–water partition coefficient (Wildman–Crippen LogP) is 5.53. The van der Waals surface area contributed by atoms with Gasteiger partial charge in [-0.05, 0) is 42.8 Å². The predicted molar refractivity (Wildman–Crippen MR) is 105 cm³/mol. The Balaban J connectivity index is 1.87. The number of carboxylic acid groups (broad SMARTS) is 1. The number of carboxylic acids is 1. The lowest BCUT2D eigenvalue weighted by molar-refractivity contribution is 0.0685. The molecule has 0 unspecified atom stereocenters. The normalized spacial score (nSPS) is 10.7. The van der Waals surface area contributed by atoms with Crippen LogP contribution in [0.2, 0.25) is 10.0 Å². The van der Waals surface area contributed by atoms with Crippen molar-refractivity contribution < 1.29 is 14.6 Å². The molecule has 0 radical (unpaired) electrons. The van der Waals surface area contributed by atoms with Gasteiger partial charge < -0.3 is 14.4 Å². The second-order valence-corrected chi connectivity index (χ2v) is 6.77. The van der Waals surface area contributed by atoms with Gasteiger partial charge >= 0.3 is 5.97 Å². The molecular weight excluding hydrogens is 387 g/mol. The highest BCUT2D eigenvalue weighted by molar-refractivity contribution is 6.35. The van der Waals surface area contributed by atoms with E-state index in [0.717, 1.165) is 10.9 Å². The standard InChI is InChI=1S/C20H16Cl2N2O3/c21-16-4-3-5-17(22)15(16)12-27-14-6-7-18-13(10-14)11-19(20(25)26)24(18)9-2-1-8-23/h3-7,10-11H,1-2,9,12H2,(H,25,26). The van der Waals surface area contributed by atoms with E-state index in [1.165, 1.54) is 0 Å². The smallest absolute Gasteiger partial charge is 0.352 e. The van der Waals surface area contributed by atoms with Crippen molar-refractivity contribution in [1.29, 1.82) is 5.26 Å². The van der Waals surface area contributed by atoms with Gasteiger partial charge in [0.15, 0.2) is 0 Å². The molecule has 3 rings (SSSR count). The van der Waals surface area contributed by atoms with Crippen LogP contribution in [-0.2, 0) is 13.2 Å². The Kier molecular flexibility index (Phi) is 5.90. The lowest BCUT2D eigenvalue weighted by atomic mass is 10.2. The minimum atomic E-state index is -1.01. The Labute approximate surface area is 166 Å². The molecule has 1 N–H and O–H groups in total. The summed E-state index contributed by atoms with van der Waals surface area (Å²) in [4.78, 5) is 11.5. The number of halogens is 2. The molecule has 0 aliphatic rings. The quantitative estimate of drug-likeness (QED) is 0.527. The maximum Gasteiger partial charge on any atom is 0.352 e. The molecular formula is C20H16Cl2N2O3. The fourth-order valence-electron chi connectivity index (χ4n) is 2.90. The molecule has 0 aliphatic heterocycles. The van der Waals surface area contributed by atoms with Crippen molar-refractivity contribution in [3.63, 3.8) is 0 Å². The number of rotatable bonds is 7. The molecule has 0 spiro atoms. The van der Waals surface area contributed by atoms with Gasteiger partial charge in [0.05, 0.1) is 6.07 Å². The number of hydrogen-bond acceptors (Lipinski definition) is 3. The third-order valence-corrected chi connectivity index (χ3v) is 4.92. The largest absolute Gasteiger partial charge is 0.489 e. The van der Waals surface area contributed by atoms with Crippen LogP contribution in [0, 0.1) is 11.3 Å². The van der Waals surface area contributed by atoms with E-state index >= 15 is 0 Å². The highest BCUT2D eigenvalue weighted by atomic mass is 35.5. The number of ether oxygens (including phenoxy) is 1. The number of fused-ring (bicyclic) bond motifs is 1. The van der Waals surface area contributed by atoms with E-state index in [0.29, 0.717) is 40.7 Å². The third kappa shape index (κ3) is 4.19. The van der Waals surface area contributed by atoms with Crippen molar-refractivity contribution >= 4 is 40.1 Å². The Morgan fingerprint density at radius 1 is 1.19 bits per heavy atom. The first-order valence-corrected chi connectivity index (χ1v) is 9.06. The van der Waals surface area contributed by atoms with Crippen LogP contribution in [0.3, 0.4) is 0 Å². The lowest BCUT2D eigenvalue weighted by Crippen LogP contribution is -2.08. The molecule has 0 saturated heterocycles. The molecule has 138 valence electrons. The van der Waals surface area contributed by atoms with Crippen LogP contribution in [0.4, 0.5) is 0 Å². The second-order valence-electron chi connectivity index (χ2n) is 5.96. The number of aryl methyl sites for hydroxylation is 1. The van der Waals surface area contributed by atoms with Gasteiger partial charge in [0.25, 0.3) is 0 Å². The van der Waals surface area contributed by atoms with Crippen LogP contribution in [0.15, 0.2) is 42.5 Å². The summed E-state index contributed by atoms with van der Waals surface area (Å²) in [5, 5.41) is 20.0. The van der Waals surface area contributed by atoms with Gasteiger partial charge in [0.2, 0.25) is 0 Å². The maximum atomic E-state index is 11.5. The number of carbonyl (C=O) groups is 1. The van der Waals surface area contributed by atoms with Crippen molar-refractivity contribution in [2.75, 3.05) is 0 Å². The minimum absolute atomic E-state index is 0.189. The van der Waals surface area contributed by atoms with Crippen LogP contribution in [0.5, 0.6) is 5.75 Å². The fourth-order valence-corrected chi connectivity index (χ4v) is 3.41. The first-order chi connectivity index (χ1) is 13.0. The molecule has 0 saturated carbocycles. The van der Waals surface area contributed by atoms with E-state index in [1.807, 2.05) is 6.07 Å². The number of nitrogens with zero attached hydrogens (tertiary/aromatic N) is 2. The van der Waals surface area contributed by atoms with E-state index in [1.54, 1.807) is 41.0 Å². The Bertz CT molecular complexity index is 1020. The van der Waals surface area contributed by atoms with E-state index in [4.69, 9.17) is 33.2 Å². The van der Waals surface area contributed by atoms with E-state index in [9.17, 15) is 9.90 Å². The topological polar surface area (TPSA) is 75.2 Å². The third-order valence-electron chi connectivity index (χ3n) is 4.21. The van der Waals surface area contributed by atoms with E-state index < -0.39 is 5.97 Å². The molecule has 5 nitrogen and oxygen atoms in total. The molecule has 0 amide bonds. The summed E-state index contributed by atoms with van der Waals surface area (Å²) in [6.07, 6.45) is 0.961. The van der Waals surface area contributed by atoms with Crippen LogP contribution < -0.4 is 4.74 Å².